The Morgan fingerprint density at radius 1 is 0.933 bits per heavy atom. The molecule has 0 radical (unpaired) electrons. The molecule has 0 amide bonds. The van der Waals surface area contributed by atoms with Crippen LogP contribution in [0.3, 0.4) is 0 Å². The number of carbonyl (C=O) groups excluding carboxylic acids is 2. The number of benzene rings is 1. The molecule has 3 aliphatic heterocycles. The Balaban J connectivity index is 1.56. The van der Waals surface area contributed by atoms with Crippen molar-refractivity contribution in [1.82, 2.24) is 14.5 Å². The molecule has 0 N–H and O–H groups in total. The number of carbonyl (C=O) groups is 2. The van der Waals surface area contributed by atoms with E-state index in [1.165, 1.54) is 12.8 Å². The minimum absolute atomic E-state index is 0.469. The Hall–Kier alpha value is -2.84. The highest BCUT2D eigenvalue weighted by Gasteiger charge is 2.45. The highest BCUT2D eigenvalue weighted by atomic mass is 32.3. The smallest absolute Gasteiger partial charge is 0.328 e. The molecule has 0 atom stereocenters. The van der Waals surface area contributed by atoms with Gasteiger partial charge in [-0.1, -0.05) is 43.2 Å². The summed E-state index contributed by atoms with van der Waals surface area (Å²) >= 11 is 0. The van der Waals surface area contributed by atoms with Gasteiger partial charge in [0.15, 0.2) is 0 Å². The van der Waals surface area contributed by atoms with Gasteiger partial charge in [0, 0.05) is 36.7 Å². The zero-order chi connectivity index (χ0) is 20.6. The van der Waals surface area contributed by atoms with E-state index in [0.29, 0.717) is 11.7 Å². The van der Waals surface area contributed by atoms with Crippen LogP contribution in [0.1, 0.15) is 25.7 Å². The van der Waals surface area contributed by atoms with Crippen molar-refractivity contribution in [2.24, 2.45) is 0 Å². The van der Waals surface area contributed by atoms with Crippen LogP contribution in [-0.4, -0.2) is 46.0 Å². The average molecular weight is 426 g/mol. The lowest BCUT2D eigenvalue weighted by Gasteiger charge is -2.38. The first-order valence-electron chi connectivity index (χ1n) is 10.2. The molecule has 8 heteroatoms. The Bertz CT molecular complexity index is 1020. The predicted molar refractivity (Wildman–Crippen MR) is 114 cm³/mol. The molecule has 1 spiro atoms. The standard InChI is InChI=1S/C22H23N3O4S/c26-20-10-11-21(27)29-30(28-20)18(14-24-12-6-1-2-7-13-24)15-25-16-19(23-22(25)30)17-8-4-3-5-9-17/h3-5,8-11,15-16H,1-2,6-7,12-14H2. The number of fused-ring (bicyclic) bond motifs is 2. The van der Waals surface area contributed by atoms with Crippen LogP contribution < -0.4 is 0 Å². The van der Waals surface area contributed by atoms with Gasteiger partial charge in [0.1, 0.15) is 0 Å². The normalized spacial score (nSPS) is 21.9. The van der Waals surface area contributed by atoms with Crippen molar-refractivity contribution in [2.75, 3.05) is 19.6 Å². The third-order valence-corrected chi connectivity index (χ3v) is 7.97. The van der Waals surface area contributed by atoms with E-state index in [1.807, 2.05) is 47.3 Å². The number of nitrogens with zero attached hydrogens (tertiary/aromatic N) is 3. The Morgan fingerprint density at radius 3 is 2.27 bits per heavy atom. The fraction of sp³-hybridized carbons (Fsp3) is 0.318. The van der Waals surface area contributed by atoms with Gasteiger partial charge in [-0.15, -0.1) is 0 Å². The highest BCUT2D eigenvalue weighted by Crippen LogP contribution is 2.67. The summed E-state index contributed by atoms with van der Waals surface area (Å²) in [5, 5.41) is 0.469. The van der Waals surface area contributed by atoms with Gasteiger partial charge in [0.05, 0.1) is 10.6 Å². The van der Waals surface area contributed by atoms with Gasteiger partial charge in [-0.2, -0.15) is 0 Å². The second kappa shape index (κ2) is 7.77. The van der Waals surface area contributed by atoms with Crippen molar-refractivity contribution in [2.45, 2.75) is 30.8 Å². The summed E-state index contributed by atoms with van der Waals surface area (Å²) in [6.07, 6.45) is 10.8. The summed E-state index contributed by atoms with van der Waals surface area (Å²) in [6.45, 7) is 2.54. The van der Waals surface area contributed by atoms with E-state index in [9.17, 15) is 9.59 Å². The zero-order valence-corrected chi connectivity index (χ0v) is 17.3. The maximum atomic E-state index is 12.4. The zero-order valence-electron chi connectivity index (χ0n) is 16.5. The molecule has 5 rings (SSSR count). The van der Waals surface area contributed by atoms with Gasteiger partial charge in [0.2, 0.25) is 0 Å². The molecule has 0 unspecified atom stereocenters. The van der Waals surface area contributed by atoms with Crippen molar-refractivity contribution in [3.63, 3.8) is 0 Å². The summed E-state index contributed by atoms with van der Waals surface area (Å²) in [6, 6.07) is 9.76. The molecule has 1 saturated heterocycles. The van der Waals surface area contributed by atoms with Crippen molar-refractivity contribution in [3.05, 3.63) is 53.6 Å². The van der Waals surface area contributed by atoms with E-state index >= 15 is 0 Å². The minimum Gasteiger partial charge on any atom is -0.328 e. The van der Waals surface area contributed by atoms with Crippen LogP contribution in [0.25, 0.3) is 17.5 Å². The van der Waals surface area contributed by atoms with Gasteiger partial charge < -0.3 is 8.37 Å². The van der Waals surface area contributed by atoms with E-state index < -0.39 is 22.5 Å². The van der Waals surface area contributed by atoms with Crippen molar-refractivity contribution in [1.29, 1.82) is 0 Å². The third kappa shape index (κ3) is 3.46. The van der Waals surface area contributed by atoms with Crippen LogP contribution >= 0.6 is 10.6 Å². The number of hydrogen-bond acceptors (Lipinski definition) is 6. The Labute approximate surface area is 176 Å². The molecule has 4 heterocycles. The third-order valence-electron chi connectivity index (χ3n) is 5.47. The minimum atomic E-state index is -2.79. The second-order valence-electron chi connectivity index (χ2n) is 7.61. The molecule has 3 aliphatic rings. The van der Waals surface area contributed by atoms with Gasteiger partial charge in [0.25, 0.3) is 5.16 Å². The van der Waals surface area contributed by atoms with Crippen LogP contribution in [0, 0.1) is 0 Å². The summed E-state index contributed by atoms with van der Waals surface area (Å²) in [7, 11) is -2.79. The van der Waals surface area contributed by atoms with Crippen molar-refractivity contribution < 1.29 is 18.0 Å². The Morgan fingerprint density at radius 2 is 1.60 bits per heavy atom. The quantitative estimate of drug-likeness (QED) is 0.743. The molecule has 156 valence electrons. The maximum Gasteiger partial charge on any atom is 0.354 e. The molecule has 2 aromatic rings. The van der Waals surface area contributed by atoms with E-state index in [0.717, 1.165) is 54.2 Å². The monoisotopic (exact) mass is 425 g/mol. The second-order valence-corrected chi connectivity index (χ2v) is 9.84. The molecule has 1 aromatic heterocycles. The summed E-state index contributed by atoms with van der Waals surface area (Å²) in [5.74, 6) is -1.18. The van der Waals surface area contributed by atoms with Gasteiger partial charge in [-0.3, -0.25) is 9.47 Å². The predicted octanol–water partition coefficient (Wildman–Crippen LogP) is 3.89. The molecule has 1 fully saturated rings. The Kier molecular flexibility index (Phi) is 4.96. The summed E-state index contributed by atoms with van der Waals surface area (Å²) < 4.78 is 13.5. The first-order valence-corrected chi connectivity index (χ1v) is 11.7. The van der Waals surface area contributed by atoms with Gasteiger partial charge in [-0.25, -0.2) is 14.6 Å². The van der Waals surface area contributed by atoms with Crippen LogP contribution in [0.4, 0.5) is 0 Å². The van der Waals surface area contributed by atoms with E-state index in [2.05, 4.69) is 4.90 Å². The molecular formula is C22H23N3O4S. The highest BCUT2D eigenvalue weighted by molar-refractivity contribution is 8.29. The number of aromatic nitrogens is 2. The molecule has 0 bridgehead atoms. The maximum absolute atomic E-state index is 12.4. The lowest BCUT2D eigenvalue weighted by molar-refractivity contribution is -0.129. The van der Waals surface area contributed by atoms with Crippen LogP contribution in [0.15, 0.2) is 58.7 Å². The fourth-order valence-electron chi connectivity index (χ4n) is 4.02. The lowest BCUT2D eigenvalue weighted by Crippen LogP contribution is -2.29. The summed E-state index contributed by atoms with van der Waals surface area (Å²) in [4.78, 5) is 32.6. The SMILES string of the molecule is O=C1C=CC(=O)OS2(O1)C(CN1CCCCCC1)=Cn1cc(-c3ccccc3)nc12. The molecule has 1 aromatic carbocycles. The molecule has 0 saturated carbocycles. The first-order chi connectivity index (χ1) is 14.6. The van der Waals surface area contributed by atoms with Gasteiger partial charge in [-0.05, 0) is 36.5 Å². The fourth-order valence-corrected chi connectivity index (χ4v) is 6.43. The van der Waals surface area contributed by atoms with Gasteiger partial charge >= 0.3 is 11.9 Å². The van der Waals surface area contributed by atoms with Crippen molar-refractivity contribution >= 4 is 28.7 Å². The number of rotatable bonds is 3. The van der Waals surface area contributed by atoms with E-state index in [4.69, 9.17) is 13.4 Å². The summed E-state index contributed by atoms with van der Waals surface area (Å²) in [5.41, 5.74) is 1.69. The van der Waals surface area contributed by atoms with Crippen molar-refractivity contribution in [3.8, 4) is 11.3 Å². The number of hydrogen-bond donors (Lipinski definition) is 0. The van der Waals surface area contributed by atoms with E-state index in [-0.39, 0.29) is 0 Å². The van der Waals surface area contributed by atoms with Crippen LogP contribution in [0.2, 0.25) is 0 Å². The molecule has 0 aliphatic carbocycles. The lowest BCUT2D eigenvalue weighted by atomic mass is 10.2. The van der Waals surface area contributed by atoms with E-state index in [1.54, 1.807) is 0 Å². The number of likely N-dealkylation sites (tertiary alicyclic amines) is 1. The first kappa shape index (κ1) is 19.1. The molecule has 30 heavy (non-hydrogen) atoms. The van der Waals surface area contributed by atoms with Crippen LogP contribution in [-0.2, 0) is 18.0 Å². The average Bonchev–Trinajstić information content (AvgIpc) is 3.07. The molecular weight excluding hydrogens is 402 g/mol. The topological polar surface area (TPSA) is 73.7 Å². The largest absolute Gasteiger partial charge is 0.354 e. The number of imidazole rings is 1. The molecule has 7 nitrogen and oxygen atoms in total. The van der Waals surface area contributed by atoms with Crippen LogP contribution in [0.5, 0.6) is 0 Å².